The maximum absolute atomic E-state index is 12.6. The van der Waals surface area contributed by atoms with E-state index in [1.54, 1.807) is 12.1 Å². The van der Waals surface area contributed by atoms with Crippen molar-refractivity contribution in [2.75, 3.05) is 10.6 Å². The molecule has 1 aromatic heterocycles. The van der Waals surface area contributed by atoms with Crippen molar-refractivity contribution >= 4 is 44.2 Å². The van der Waals surface area contributed by atoms with Crippen LogP contribution in [0.25, 0.3) is 22.4 Å². The molecule has 34 heavy (non-hydrogen) atoms. The molecule has 10 heteroatoms. The highest BCUT2D eigenvalue weighted by Crippen LogP contribution is 2.22. The quantitative estimate of drug-likeness (QED) is 0.323. The Morgan fingerprint density at radius 1 is 0.882 bits per heavy atom. The van der Waals surface area contributed by atoms with Crippen LogP contribution in [0.3, 0.4) is 0 Å². The van der Waals surface area contributed by atoms with Gasteiger partial charge in [0.15, 0.2) is 0 Å². The summed E-state index contributed by atoms with van der Waals surface area (Å²) in [7, 11) is -3.93. The molecule has 4 rings (SSSR count). The van der Waals surface area contributed by atoms with Gasteiger partial charge in [-0.25, -0.2) is 13.4 Å². The largest absolute Gasteiger partial charge is 0.338 e. The molecule has 9 nitrogen and oxygen atoms in total. The minimum absolute atomic E-state index is 0.0172. The average Bonchev–Trinajstić information content (AvgIpc) is 3.23. The smallest absolute Gasteiger partial charge is 0.242 e. The van der Waals surface area contributed by atoms with Crippen LogP contribution in [0.15, 0.2) is 77.7 Å². The van der Waals surface area contributed by atoms with Gasteiger partial charge in [-0.15, -0.1) is 0 Å². The first-order valence-electron chi connectivity index (χ1n) is 10.5. The zero-order chi connectivity index (χ0) is 24.3. The second kappa shape index (κ2) is 9.46. The van der Waals surface area contributed by atoms with Crippen LogP contribution >= 0.6 is 0 Å². The number of imidazole rings is 1. The Morgan fingerprint density at radius 2 is 1.50 bits per heavy atom. The van der Waals surface area contributed by atoms with Crippen molar-refractivity contribution in [3.05, 3.63) is 72.8 Å². The summed E-state index contributed by atoms with van der Waals surface area (Å²) in [5.41, 5.74) is 3.64. The fourth-order valence-electron chi connectivity index (χ4n) is 3.33. The molecule has 1 atom stereocenters. The first-order chi connectivity index (χ1) is 16.2. The Labute approximate surface area is 196 Å². The van der Waals surface area contributed by atoms with E-state index in [1.807, 2.05) is 36.4 Å². The predicted molar refractivity (Wildman–Crippen MR) is 131 cm³/mol. The Balaban J connectivity index is 1.39. The number of sulfonamides is 1. The number of anilines is 2. The molecule has 0 bridgehead atoms. The zero-order valence-electron chi connectivity index (χ0n) is 18.5. The van der Waals surface area contributed by atoms with Gasteiger partial charge in [0.25, 0.3) is 0 Å². The molecule has 4 aromatic rings. The third kappa shape index (κ3) is 5.30. The molecule has 3 aromatic carbocycles. The first-order valence-corrected chi connectivity index (χ1v) is 12.0. The highest BCUT2D eigenvalue weighted by molar-refractivity contribution is 7.89. The maximum Gasteiger partial charge on any atom is 0.242 e. The lowest BCUT2D eigenvalue weighted by atomic mass is 10.2. The van der Waals surface area contributed by atoms with E-state index in [-0.39, 0.29) is 10.8 Å². The maximum atomic E-state index is 12.6. The molecule has 0 saturated heterocycles. The Kier molecular flexibility index (Phi) is 6.44. The number of amides is 2. The van der Waals surface area contributed by atoms with Gasteiger partial charge in [0.05, 0.1) is 22.0 Å². The van der Waals surface area contributed by atoms with Crippen LogP contribution in [-0.2, 0) is 19.6 Å². The van der Waals surface area contributed by atoms with Gasteiger partial charge >= 0.3 is 0 Å². The monoisotopic (exact) mass is 477 g/mol. The Hall–Kier alpha value is -4.02. The number of rotatable bonds is 7. The molecule has 0 spiro atoms. The van der Waals surface area contributed by atoms with Gasteiger partial charge < -0.3 is 15.6 Å². The number of benzene rings is 3. The van der Waals surface area contributed by atoms with Crippen molar-refractivity contribution in [2.45, 2.75) is 24.8 Å². The van der Waals surface area contributed by atoms with E-state index in [2.05, 4.69) is 25.3 Å². The second-order valence-corrected chi connectivity index (χ2v) is 9.43. The van der Waals surface area contributed by atoms with Crippen LogP contribution in [-0.4, -0.2) is 36.2 Å². The number of hydrogen-bond donors (Lipinski definition) is 4. The number of aromatic amines is 1. The van der Waals surface area contributed by atoms with Crippen molar-refractivity contribution in [1.29, 1.82) is 0 Å². The summed E-state index contributed by atoms with van der Waals surface area (Å²) in [5.74, 6) is -0.0516. The van der Waals surface area contributed by atoms with Gasteiger partial charge in [-0.3, -0.25) is 9.59 Å². The van der Waals surface area contributed by atoms with Crippen molar-refractivity contribution in [1.82, 2.24) is 14.7 Å². The summed E-state index contributed by atoms with van der Waals surface area (Å²) in [5, 5.41) is 5.27. The number of fused-ring (bicyclic) bond motifs is 1. The van der Waals surface area contributed by atoms with Crippen molar-refractivity contribution in [3.8, 4) is 11.4 Å². The van der Waals surface area contributed by atoms with Crippen LogP contribution < -0.4 is 15.4 Å². The van der Waals surface area contributed by atoms with Crippen molar-refractivity contribution in [3.63, 3.8) is 0 Å². The van der Waals surface area contributed by atoms with E-state index in [4.69, 9.17) is 0 Å². The van der Waals surface area contributed by atoms with Gasteiger partial charge in [-0.05, 0) is 67.6 Å². The molecule has 0 unspecified atom stereocenters. The standard InChI is InChI=1S/C24H23N5O4S/c1-15(29-34(32,33)20-13-11-18(12-14-20)25-16(2)30)24(31)26-19-9-7-17(8-10-19)23-27-21-5-3-4-6-22(21)28-23/h3-15,29H,1-2H3,(H,25,30)(H,26,31)(H,27,28)/t15-/m0/s1. The molecule has 0 aliphatic carbocycles. The van der Waals surface area contributed by atoms with Crippen LogP contribution in [0.2, 0.25) is 0 Å². The summed E-state index contributed by atoms with van der Waals surface area (Å²) in [6, 6.07) is 19.4. The molecule has 0 aliphatic rings. The summed E-state index contributed by atoms with van der Waals surface area (Å²) < 4.78 is 27.6. The number of nitrogens with one attached hydrogen (secondary N) is 4. The van der Waals surface area contributed by atoms with Crippen LogP contribution in [0, 0.1) is 0 Å². The molecule has 2 amide bonds. The SMILES string of the molecule is CC(=O)Nc1ccc(S(=O)(=O)N[C@@H](C)C(=O)Nc2ccc(-c3nc4ccccc4[nH]3)cc2)cc1. The van der Waals surface area contributed by atoms with Crippen LogP contribution in [0.1, 0.15) is 13.8 Å². The average molecular weight is 478 g/mol. The molecular formula is C24H23N5O4S. The predicted octanol–water partition coefficient (Wildman–Crippen LogP) is 3.49. The second-order valence-electron chi connectivity index (χ2n) is 7.72. The van der Waals surface area contributed by atoms with E-state index in [0.29, 0.717) is 17.2 Å². The summed E-state index contributed by atoms with van der Waals surface area (Å²) in [6.45, 7) is 2.82. The summed E-state index contributed by atoms with van der Waals surface area (Å²) >= 11 is 0. The lowest BCUT2D eigenvalue weighted by Crippen LogP contribution is -2.41. The minimum atomic E-state index is -3.93. The number of carbonyl (C=O) groups excluding carboxylic acids is 2. The Morgan fingerprint density at radius 3 is 2.15 bits per heavy atom. The molecule has 0 radical (unpaired) electrons. The van der Waals surface area contributed by atoms with Gasteiger partial charge in [-0.2, -0.15) is 4.72 Å². The number of H-pyrrole nitrogens is 1. The van der Waals surface area contributed by atoms with Crippen LogP contribution in [0.5, 0.6) is 0 Å². The van der Waals surface area contributed by atoms with Crippen LogP contribution in [0.4, 0.5) is 11.4 Å². The highest BCUT2D eigenvalue weighted by Gasteiger charge is 2.22. The fraction of sp³-hybridized carbons (Fsp3) is 0.125. The molecule has 4 N–H and O–H groups in total. The molecule has 0 aliphatic heterocycles. The fourth-order valence-corrected chi connectivity index (χ4v) is 4.53. The van der Waals surface area contributed by atoms with E-state index >= 15 is 0 Å². The molecule has 1 heterocycles. The van der Waals surface area contributed by atoms with E-state index < -0.39 is 22.0 Å². The van der Waals surface area contributed by atoms with E-state index in [1.165, 1.54) is 38.1 Å². The Bertz CT molecular complexity index is 1410. The molecular weight excluding hydrogens is 454 g/mol. The van der Waals surface area contributed by atoms with E-state index in [9.17, 15) is 18.0 Å². The topological polar surface area (TPSA) is 133 Å². The highest BCUT2D eigenvalue weighted by atomic mass is 32.2. The molecule has 174 valence electrons. The number of aromatic nitrogens is 2. The van der Waals surface area contributed by atoms with Crippen molar-refractivity contribution in [2.24, 2.45) is 0 Å². The van der Waals surface area contributed by atoms with Gasteiger partial charge in [-0.1, -0.05) is 12.1 Å². The molecule has 0 fully saturated rings. The molecule has 0 saturated carbocycles. The normalized spacial score (nSPS) is 12.3. The lowest BCUT2D eigenvalue weighted by Gasteiger charge is -2.15. The number of hydrogen-bond acceptors (Lipinski definition) is 5. The minimum Gasteiger partial charge on any atom is -0.338 e. The number of nitrogens with zero attached hydrogens (tertiary/aromatic N) is 1. The lowest BCUT2D eigenvalue weighted by molar-refractivity contribution is -0.117. The van der Waals surface area contributed by atoms with Gasteiger partial charge in [0.2, 0.25) is 21.8 Å². The van der Waals surface area contributed by atoms with Gasteiger partial charge in [0, 0.05) is 23.9 Å². The third-order valence-corrected chi connectivity index (χ3v) is 6.58. The summed E-state index contributed by atoms with van der Waals surface area (Å²) in [6.07, 6.45) is 0. The van der Waals surface area contributed by atoms with E-state index in [0.717, 1.165) is 16.6 Å². The summed E-state index contributed by atoms with van der Waals surface area (Å²) in [4.78, 5) is 31.4. The van der Waals surface area contributed by atoms with Gasteiger partial charge in [0.1, 0.15) is 5.82 Å². The number of para-hydroxylation sites is 2. The number of carbonyl (C=O) groups is 2. The zero-order valence-corrected chi connectivity index (χ0v) is 19.3. The first kappa shape index (κ1) is 23.1. The third-order valence-electron chi connectivity index (χ3n) is 5.03. The van der Waals surface area contributed by atoms with Crippen molar-refractivity contribution < 1.29 is 18.0 Å².